The number of carbonyl (C=O) groups is 2. The van der Waals surface area contributed by atoms with Crippen molar-refractivity contribution >= 4 is 27.5 Å². The summed E-state index contributed by atoms with van der Waals surface area (Å²) in [5.41, 5.74) is 1.10. The van der Waals surface area contributed by atoms with Crippen LogP contribution >= 0.6 is 0 Å². The van der Waals surface area contributed by atoms with Crippen molar-refractivity contribution in [1.82, 2.24) is 10.2 Å². The van der Waals surface area contributed by atoms with E-state index in [9.17, 15) is 18.0 Å². The summed E-state index contributed by atoms with van der Waals surface area (Å²) in [4.78, 5) is 29.4. The second-order valence-electron chi connectivity index (χ2n) is 10.5. The Kier molecular flexibility index (Phi) is 11.1. The zero-order valence-corrected chi connectivity index (χ0v) is 25.9. The largest absolute Gasteiger partial charge is 0.497 e. The van der Waals surface area contributed by atoms with Gasteiger partial charge >= 0.3 is 0 Å². The summed E-state index contributed by atoms with van der Waals surface area (Å²) in [6.45, 7) is 3.82. The molecular weight excluding hydrogens is 566 g/mol. The number of methoxy groups -OCH3 is 1. The molecule has 0 bridgehead atoms. The number of nitrogens with zero attached hydrogens (tertiary/aromatic N) is 2. The van der Waals surface area contributed by atoms with Crippen LogP contribution in [0.4, 0.5) is 5.69 Å². The summed E-state index contributed by atoms with van der Waals surface area (Å²) in [6.07, 6.45) is 4.31. The van der Waals surface area contributed by atoms with E-state index >= 15 is 0 Å². The molecule has 0 saturated heterocycles. The lowest BCUT2D eigenvalue weighted by Gasteiger charge is -2.33. The van der Waals surface area contributed by atoms with Crippen LogP contribution < -0.4 is 19.1 Å². The summed E-state index contributed by atoms with van der Waals surface area (Å²) >= 11 is 0. The lowest BCUT2D eigenvalue weighted by atomic mass is 10.1. The Labute approximate surface area is 254 Å². The summed E-state index contributed by atoms with van der Waals surface area (Å²) in [7, 11) is -2.56. The van der Waals surface area contributed by atoms with Crippen molar-refractivity contribution in [1.29, 1.82) is 0 Å². The number of anilines is 1. The number of rotatable bonds is 14. The molecule has 3 aromatic rings. The van der Waals surface area contributed by atoms with Crippen molar-refractivity contribution in [2.45, 2.75) is 69.5 Å². The Morgan fingerprint density at radius 2 is 1.53 bits per heavy atom. The van der Waals surface area contributed by atoms with Gasteiger partial charge in [-0.05, 0) is 80.3 Å². The van der Waals surface area contributed by atoms with Gasteiger partial charge < -0.3 is 19.7 Å². The Bertz CT molecular complexity index is 1440. The summed E-state index contributed by atoms with van der Waals surface area (Å²) in [5, 5.41) is 3.13. The summed E-state index contributed by atoms with van der Waals surface area (Å²) in [5.74, 6) is 0.543. The number of hydrogen-bond donors (Lipinski definition) is 1. The van der Waals surface area contributed by atoms with Crippen molar-refractivity contribution in [2.24, 2.45) is 0 Å². The van der Waals surface area contributed by atoms with Crippen molar-refractivity contribution in [3.63, 3.8) is 0 Å². The Morgan fingerprint density at radius 1 is 0.907 bits per heavy atom. The van der Waals surface area contributed by atoms with Gasteiger partial charge in [0, 0.05) is 12.6 Å². The minimum atomic E-state index is -4.13. The zero-order chi connectivity index (χ0) is 30.8. The van der Waals surface area contributed by atoms with Crippen molar-refractivity contribution in [2.75, 3.05) is 24.6 Å². The van der Waals surface area contributed by atoms with E-state index in [-0.39, 0.29) is 23.4 Å². The Hall–Kier alpha value is -4.05. The van der Waals surface area contributed by atoms with E-state index in [1.807, 2.05) is 26.0 Å². The first kappa shape index (κ1) is 31.9. The molecule has 10 heteroatoms. The molecule has 1 aliphatic carbocycles. The van der Waals surface area contributed by atoms with Crippen molar-refractivity contribution < 1.29 is 27.5 Å². The molecule has 0 aromatic heterocycles. The van der Waals surface area contributed by atoms with E-state index in [2.05, 4.69) is 5.32 Å². The fourth-order valence-electron chi connectivity index (χ4n) is 5.34. The van der Waals surface area contributed by atoms with Crippen molar-refractivity contribution in [3.05, 3.63) is 84.4 Å². The molecule has 9 nitrogen and oxygen atoms in total. The minimum absolute atomic E-state index is 0.0596. The first-order valence-electron chi connectivity index (χ1n) is 14.8. The molecule has 0 spiro atoms. The van der Waals surface area contributed by atoms with Crippen LogP contribution in [0, 0.1) is 0 Å². The van der Waals surface area contributed by atoms with E-state index in [0.29, 0.717) is 30.2 Å². The van der Waals surface area contributed by atoms with Crippen LogP contribution in [-0.2, 0) is 26.2 Å². The first-order valence-corrected chi connectivity index (χ1v) is 16.2. The van der Waals surface area contributed by atoms with Crippen LogP contribution in [0.5, 0.6) is 11.5 Å². The number of amides is 2. The normalized spacial score (nSPS) is 14.1. The monoisotopic (exact) mass is 607 g/mol. The van der Waals surface area contributed by atoms with Crippen LogP contribution in [-0.4, -0.2) is 57.5 Å². The predicted octanol–water partition coefficient (Wildman–Crippen LogP) is 5.16. The third kappa shape index (κ3) is 8.07. The van der Waals surface area contributed by atoms with Crippen LogP contribution in [0.3, 0.4) is 0 Å². The van der Waals surface area contributed by atoms with Crippen LogP contribution in [0.25, 0.3) is 0 Å². The standard InChI is InChI=1S/C33H41N3O6S/c1-4-31(33(38)34-26-11-9-10-12-26)35(23-25-15-19-28(41-3)20-16-25)32(37)24-36(27-17-21-29(22-18-27)42-5-2)43(39,40)30-13-7-6-8-14-30/h6-8,13-22,26,31H,4-5,9-12,23-24H2,1-3H3,(H,34,38)/t31-/m1/s1. The smallest absolute Gasteiger partial charge is 0.264 e. The maximum Gasteiger partial charge on any atom is 0.264 e. The molecular formula is C33H41N3O6S. The minimum Gasteiger partial charge on any atom is -0.497 e. The van der Waals surface area contributed by atoms with Crippen LogP contribution in [0.1, 0.15) is 51.5 Å². The SMILES string of the molecule is CCOc1ccc(N(CC(=O)N(Cc2ccc(OC)cc2)[C@H](CC)C(=O)NC2CCCC2)S(=O)(=O)c2ccccc2)cc1. The fraction of sp³-hybridized carbons (Fsp3) is 0.394. The quantitative estimate of drug-likeness (QED) is 0.272. The molecule has 0 unspecified atom stereocenters. The van der Waals surface area contributed by atoms with E-state index < -0.39 is 28.5 Å². The van der Waals surface area contributed by atoms with Gasteiger partial charge in [0.25, 0.3) is 10.0 Å². The van der Waals surface area contributed by atoms with Crippen molar-refractivity contribution in [3.8, 4) is 11.5 Å². The molecule has 1 atom stereocenters. The van der Waals surface area contributed by atoms with E-state index in [4.69, 9.17) is 9.47 Å². The zero-order valence-electron chi connectivity index (χ0n) is 25.1. The maximum atomic E-state index is 14.2. The van der Waals surface area contributed by atoms with Gasteiger partial charge in [-0.3, -0.25) is 13.9 Å². The topological polar surface area (TPSA) is 105 Å². The lowest BCUT2D eigenvalue weighted by molar-refractivity contribution is -0.140. The molecule has 0 heterocycles. The number of benzene rings is 3. The molecule has 2 amide bonds. The molecule has 1 saturated carbocycles. The molecule has 230 valence electrons. The van der Waals surface area contributed by atoms with E-state index in [1.54, 1.807) is 61.7 Å². The Balaban J connectivity index is 1.70. The maximum absolute atomic E-state index is 14.2. The summed E-state index contributed by atoms with van der Waals surface area (Å²) < 4.78 is 39.9. The highest BCUT2D eigenvalue weighted by Gasteiger charge is 2.34. The van der Waals surface area contributed by atoms with Gasteiger partial charge in [0.1, 0.15) is 24.1 Å². The molecule has 1 fully saturated rings. The van der Waals surface area contributed by atoms with Gasteiger partial charge in [0.2, 0.25) is 11.8 Å². The third-order valence-electron chi connectivity index (χ3n) is 7.65. The average Bonchev–Trinajstić information content (AvgIpc) is 3.54. The Morgan fingerprint density at radius 3 is 2.12 bits per heavy atom. The second kappa shape index (κ2) is 14.9. The number of nitrogens with one attached hydrogen (secondary N) is 1. The molecule has 1 aliphatic rings. The van der Waals surface area contributed by atoms with Gasteiger partial charge in [0.15, 0.2) is 0 Å². The highest BCUT2D eigenvalue weighted by atomic mass is 32.2. The van der Waals surface area contributed by atoms with Crippen LogP contribution in [0.2, 0.25) is 0 Å². The summed E-state index contributed by atoms with van der Waals surface area (Å²) in [6, 6.07) is 21.2. The van der Waals surface area contributed by atoms with Crippen LogP contribution in [0.15, 0.2) is 83.8 Å². The predicted molar refractivity (Wildman–Crippen MR) is 167 cm³/mol. The van der Waals surface area contributed by atoms with Gasteiger partial charge in [-0.15, -0.1) is 0 Å². The van der Waals surface area contributed by atoms with Gasteiger partial charge in [0.05, 0.1) is 24.3 Å². The molecule has 3 aromatic carbocycles. The number of hydrogen-bond acceptors (Lipinski definition) is 6. The first-order chi connectivity index (χ1) is 20.8. The lowest BCUT2D eigenvalue weighted by Crippen LogP contribution is -2.53. The molecule has 1 N–H and O–H groups in total. The molecule has 43 heavy (non-hydrogen) atoms. The third-order valence-corrected chi connectivity index (χ3v) is 9.43. The highest BCUT2D eigenvalue weighted by Crippen LogP contribution is 2.27. The number of carbonyl (C=O) groups excluding carboxylic acids is 2. The van der Waals surface area contributed by atoms with Gasteiger partial charge in [-0.25, -0.2) is 8.42 Å². The molecule has 0 aliphatic heterocycles. The fourth-order valence-corrected chi connectivity index (χ4v) is 6.77. The highest BCUT2D eigenvalue weighted by molar-refractivity contribution is 7.92. The van der Waals surface area contributed by atoms with Gasteiger partial charge in [-0.1, -0.05) is 50.1 Å². The number of sulfonamides is 1. The van der Waals surface area contributed by atoms with E-state index in [1.165, 1.54) is 17.0 Å². The molecule has 4 rings (SSSR count). The second-order valence-corrected chi connectivity index (χ2v) is 12.4. The number of ether oxygens (including phenoxy) is 2. The molecule has 0 radical (unpaired) electrons. The average molecular weight is 608 g/mol. The van der Waals surface area contributed by atoms with Gasteiger partial charge in [-0.2, -0.15) is 0 Å². The van der Waals surface area contributed by atoms with E-state index in [0.717, 1.165) is 35.6 Å².